The Kier molecular flexibility index (Phi) is 4.11. The van der Waals surface area contributed by atoms with Crippen molar-refractivity contribution in [1.29, 1.82) is 0 Å². The molecule has 3 aromatic rings. The predicted molar refractivity (Wildman–Crippen MR) is 86.5 cm³/mol. The van der Waals surface area contributed by atoms with Crippen molar-refractivity contribution in [2.45, 2.75) is 13.2 Å². The second kappa shape index (κ2) is 6.01. The van der Waals surface area contributed by atoms with Crippen LogP contribution in [0.15, 0.2) is 34.3 Å². The lowest BCUT2D eigenvalue weighted by Crippen LogP contribution is -2.22. The van der Waals surface area contributed by atoms with Crippen LogP contribution >= 0.6 is 34.9 Å². The van der Waals surface area contributed by atoms with E-state index in [1.54, 1.807) is 22.7 Å². The predicted octanol–water partition coefficient (Wildman–Crippen LogP) is 3.82. The van der Waals surface area contributed by atoms with Gasteiger partial charge in [0.05, 0.1) is 11.5 Å². The number of hydrogen-bond donors (Lipinski definition) is 1. The quantitative estimate of drug-likeness (QED) is 0.726. The molecule has 0 unspecified atom stereocenters. The van der Waals surface area contributed by atoms with E-state index in [0.29, 0.717) is 11.4 Å². The van der Waals surface area contributed by atoms with Crippen molar-refractivity contribution in [3.05, 3.63) is 44.7 Å². The molecule has 0 amide bonds. The van der Waals surface area contributed by atoms with Crippen molar-refractivity contribution in [1.82, 2.24) is 19.7 Å². The molecule has 0 aliphatic heterocycles. The van der Waals surface area contributed by atoms with Crippen LogP contribution in [-0.4, -0.2) is 26.7 Å². The first-order valence-corrected chi connectivity index (χ1v) is 8.36. The van der Waals surface area contributed by atoms with Gasteiger partial charge in [0.25, 0.3) is 0 Å². The fourth-order valence-corrected chi connectivity index (χ4v) is 3.48. The molecule has 0 atom stereocenters. The third-order valence-electron chi connectivity index (χ3n) is 2.85. The van der Waals surface area contributed by atoms with Gasteiger partial charge in [0.15, 0.2) is 5.82 Å². The molecular weight excluding hydrogens is 308 g/mol. The Bertz CT molecular complexity index is 709. The number of aromatic amines is 1. The van der Waals surface area contributed by atoms with E-state index < -0.39 is 0 Å². The van der Waals surface area contributed by atoms with Gasteiger partial charge in [0.2, 0.25) is 4.77 Å². The first kappa shape index (κ1) is 13.7. The van der Waals surface area contributed by atoms with Gasteiger partial charge in [0, 0.05) is 6.54 Å². The van der Waals surface area contributed by atoms with Gasteiger partial charge in [-0.25, -0.2) is 4.68 Å². The Balaban J connectivity index is 1.73. The lowest BCUT2D eigenvalue weighted by Gasteiger charge is -2.15. The number of nitrogens with one attached hydrogen (secondary N) is 1. The highest BCUT2D eigenvalue weighted by atomic mass is 32.1. The summed E-state index contributed by atoms with van der Waals surface area (Å²) in [6.45, 7) is 1.60. The van der Waals surface area contributed by atoms with Crippen molar-refractivity contribution in [3.8, 4) is 10.7 Å². The minimum atomic E-state index is 0.588. The van der Waals surface area contributed by atoms with Gasteiger partial charge in [-0.15, -0.1) is 11.3 Å². The van der Waals surface area contributed by atoms with E-state index in [4.69, 9.17) is 12.2 Å². The van der Waals surface area contributed by atoms with Crippen molar-refractivity contribution in [2.24, 2.45) is 0 Å². The summed E-state index contributed by atoms with van der Waals surface area (Å²) in [7, 11) is 2.07. The van der Waals surface area contributed by atoms with Crippen LogP contribution in [0.2, 0.25) is 0 Å². The third-order valence-corrected chi connectivity index (χ3v) is 4.77. The standard InChI is InChI=1S/C13H14N4S3/c1-16(7-10-4-6-19-8-10)9-17-13(18)14-12(15-17)11-3-2-5-20-11/h2-6,8H,7,9H2,1H3,(H,14,15,18). The van der Waals surface area contributed by atoms with Gasteiger partial charge in [-0.1, -0.05) is 6.07 Å². The molecule has 4 nitrogen and oxygen atoms in total. The topological polar surface area (TPSA) is 36.9 Å². The summed E-state index contributed by atoms with van der Waals surface area (Å²) in [5.41, 5.74) is 1.32. The van der Waals surface area contributed by atoms with E-state index in [0.717, 1.165) is 17.2 Å². The first-order valence-electron chi connectivity index (χ1n) is 6.13. The zero-order chi connectivity index (χ0) is 13.9. The lowest BCUT2D eigenvalue weighted by molar-refractivity contribution is 0.245. The Morgan fingerprint density at radius 1 is 1.40 bits per heavy atom. The van der Waals surface area contributed by atoms with Crippen molar-refractivity contribution < 1.29 is 0 Å². The first-order chi connectivity index (χ1) is 9.72. The maximum Gasteiger partial charge on any atom is 0.217 e. The maximum atomic E-state index is 5.31. The second-order valence-electron chi connectivity index (χ2n) is 4.55. The van der Waals surface area contributed by atoms with Crippen LogP contribution in [-0.2, 0) is 13.2 Å². The molecule has 3 aromatic heterocycles. The summed E-state index contributed by atoms with van der Waals surface area (Å²) in [5, 5.41) is 9.57. The molecule has 0 bridgehead atoms. The molecule has 0 radical (unpaired) electrons. The van der Waals surface area contributed by atoms with E-state index in [9.17, 15) is 0 Å². The molecule has 0 aromatic carbocycles. The molecule has 1 N–H and O–H groups in total. The van der Waals surface area contributed by atoms with Crippen LogP contribution in [0.3, 0.4) is 0 Å². The molecule has 7 heteroatoms. The van der Waals surface area contributed by atoms with Gasteiger partial charge in [-0.2, -0.15) is 16.3 Å². The third kappa shape index (κ3) is 3.06. The lowest BCUT2D eigenvalue weighted by atomic mass is 10.3. The molecule has 3 heterocycles. The van der Waals surface area contributed by atoms with E-state index in [1.165, 1.54) is 5.56 Å². The Labute approximate surface area is 130 Å². The van der Waals surface area contributed by atoms with Crippen LogP contribution in [0.1, 0.15) is 5.56 Å². The largest absolute Gasteiger partial charge is 0.283 e. The number of thiophene rings is 2. The molecule has 0 aliphatic rings. The monoisotopic (exact) mass is 322 g/mol. The Morgan fingerprint density at radius 3 is 3.00 bits per heavy atom. The molecule has 0 saturated heterocycles. The van der Waals surface area contributed by atoms with Crippen molar-refractivity contribution in [3.63, 3.8) is 0 Å². The minimum Gasteiger partial charge on any atom is -0.283 e. The SMILES string of the molecule is CN(Cc1ccsc1)Cn1[nH]c(-c2cccs2)nc1=S. The summed E-state index contributed by atoms with van der Waals surface area (Å²) in [5.74, 6) is 0.842. The van der Waals surface area contributed by atoms with Gasteiger partial charge < -0.3 is 0 Å². The van der Waals surface area contributed by atoms with Crippen LogP contribution in [0.5, 0.6) is 0 Å². The average molecular weight is 322 g/mol. The van der Waals surface area contributed by atoms with Crippen LogP contribution in [0.4, 0.5) is 0 Å². The van der Waals surface area contributed by atoms with Crippen LogP contribution < -0.4 is 0 Å². The Morgan fingerprint density at radius 2 is 2.30 bits per heavy atom. The minimum absolute atomic E-state index is 0.588. The summed E-state index contributed by atoms with van der Waals surface area (Å²) < 4.78 is 2.49. The summed E-state index contributed by atoms with van der Waals surface area (Å²) in [6, 6.07) is 6.20. The molecule has 20 heavy (non-hydrogen) atoms. The Hall–Kier alpha value is -1.28. The zero-order valence-corrected chi connectivity index (χ0v) is 13.4. The molecule has 3 rings (SSSR count). The summed E-state index contributed by atoms with van der Waals surface area (Å²) in [4.78, 5) is 7.72. The highest BCUT2D eigenvalue weighted by Gasteiger charge is 2.08. The number of nitrogens with zero attached hydrogens (tertiary/aromatic N) is 3. The second-order valence-corrected chi connectivity index (χ2v) is 6.64. The number of rotatable bonds is 5. The van der Waals surface area contributed by atoms with E-state index in [1.807, 2.05) is 22.2 Å². The smallest absolute Gasteiger partial charge is 0.217 e. The summed E-state index contributed by atoms with van der Waals surface area (Å²) in [6.07, 6.45) is 0. The molecule has 0 fully saturated rings. The van der Waals surface area contributed by atoms with Gasteiger partial charge in [-0.05, 0) is 53.1 Å². The molecule has 0 spiro atoms. The molecule has 104 valence electrons. The fraction of sp³-hybridized carbons (Fsp3) is 0.231. The normalized spacial score (nSPS) is 11.3. The highest BCUT2D eigenvalue weighted by Crippen LogP contribution is 2.20. The van der Waals surface area contributed by atoms with Crippen LogP contribution in [0.25, 0.3) is 10.7 Å². The van der Waals surface area contributed by atoms with Crippen LogP contribution in [0, 0.1) is 4.77 Å². The van der Waals surface area contributed by atoms with E-state index in [-0.39, 0.29) is 0 Å². The van der Waals surface area contributed by atoms with E-state index >= 15 is 0 Å². The zero-order valence-electron chi connectivity index (χ0n) is 10.9. The van der Waals surface area contributed by atoms with E-state index in [2.05, 4.69) is 38.9 Å². The van der Waals surface area contributed by atoms with Crippen molar-refractivity contribution in [2.75, 3.05) is 7.05 Å². The van der Waals surface area contributed by atoms with Gasteiger partial charge in [-0.3, -0.25) is 10.00 Å². The molecular formula is C13H14N4S3. The maximum absolute atomic E-state index is 5.31. The molecule has 0 saturated carbocycles. The van der Waals surface area contributed by atoms with Gasteiger partial charge >= 0.3 is 0 Å². The van der Waals surface area contributed by atoms with Gasteiger partial charge in [0.1, 0.15) is 0 Å². The molecule has 0 aliphatic carbocycles. The fourth-order valence-electron chi connectivity index (χ4n) is 1.96. The highest BCUT2D eigenvalue weighted by molar-refractivity contribution is 7.71. The summed E-state index contributed by atoms with van der Waals surface area (Å²) >= 11 is 8.69. The average Bonchev–Trinajstić information content (AvgIpc) is 3.12. The number of aromatic nitrogens is 3. The number of hydrogen-bond acceptors (Lipinski definition) is 5. The van der Waals surface area contributed by atoms with Crippen molar-refractivity contribution >= 4 is 34.9 Å². The number of H-pyrrole nitrogens is 1.